The molecule has 0 fully saturated rings. The number of halogens is 3. The molecule has 0 aliphatic heterocycles. The molecule has 1 aromatic heterocycles. The fraction of sp³-hybridized carbons (Fsp3) is 0.231. The number of benzene rings is 1. The smallest absolute Gasteiger partial charge is 0.382 e. The van der Waals surface area contributed by atoms with Crippen LogP contribution in [0.3, 0.4) is 0 Å². The number of aryl methyl sites for hydroxylation is 2. The van der Waals surface area contributed by atoms with Gasteiger partial charge in [0.25, 0.3) is 0 Å². The second kappa shape index (κ2) is 4.53. The molecular formula is C13H12F3N3. The van der Waals surface area contributed by atoms with Gasteiger partial charge in [-0.2, -0.15) is 13.2 Å². The fourth-order valence-corrected chi connectivity index (χ4v) is 1.68. The Morgan fingerprint density at radius 1 is 1.05 bits per heavy atom. The molecule has 2 N–H and O–H groups in total. The van der Waals surface area contributed by atoms with Crippen molar-refractivity contribution in [3.63, 3.8) is 0 Å². The zero-order valence-corrected chi connectivity index (χ0v) is 10.4. The average molecular weight is 267 g/mol. The third kappa shape index (κ3) is 2.67. The Kier molecular flexibility index (Phi) is 3.18. The van der Waals surface area contributed by atoms with E-state index in [2.05, 4.69) is 9.97 Å². The number of anilines is 1. The molecule has 3 nitrogen and oxygen atoms in total. The topological polar surface area (TPSA) is 51.8 Å². The minimum absolute atomic E-state index is 0.127. The van der Waals surface area contributed by atoms with Crippen molar-refractivity contribution >= 4 is 5.82 Å². The Morgan fingerprint density at radius 3 is 2.32 bits per heavy atom. The van der Waals surface area contributed by atoms with E-state index in [0.29, 0.717) is 17.0 Å². The molecule has 0 unspecified atom stereocenters. The number of nitrogen functional groups attached to an aromatic ring is 1. The molecule has 0 aliphatic rings. The number of aromatic nitrogens is 2. The van der Waals surface area contributed by atoms with Gasteiger partial charge in [-0.1, -0.05) is 12.1 Å². The SMILES string of the molecule is Cc1nc(N)c(-c2cccc(C(F)(F)F)c2)nc1C. The van der Waals surface area contributed by atoms with Crippen molar-refractivity contribution in [2.75, 3.05) is 5.73 Å². The molecule has 1 aromatic carbocycles. The van der Waals surface area contributed by atoms with E-state index >= 15 is 0 Å². The van der Waals surface area contributed by atoms with Crippen molar-refractivity contribution in [3.05, 3.63) is 41.2 Å². The standard InChI is InChI=1S/C13H12F3N3/c1-7-8(2)19-12(17)11(18-7)9-4-3-5-10(6-9)13(14,15)16/h3-6H,1-2H3,(H2,17,19). The first-order chi connectivity index (χ1) is 8.79. The van der Waals surface area contributed by atoms with Gasteiger partial charge in [-0.3, -0.25) is 0 Å². The van der Waals surface area contributed by atoms with Gasteiger partial charge in [0, 0.05) is 5.56 Å². The summed E-state index contributed by atoms with van der Waals surface area (Å²) in [7, 11) is 0. The number of alkyl halides is 3. The van der Waals surface area contributed by atoms with E-state index in [1.165, 1.54) is 12.1 Å². The van der Waals surface area contributed by atoms with Crippen LogP contribution in [0.4, 0.5) is 19.0 Å². The Balaban J connectivity index is 2.57. The molecule has 0 amide bonds. The van der Waals surface area contributed by atoms with E-state index in [1.54, 1.807) is 13.8 Å². The highest BCUT2D eigenvalue weighted by Gasteiger charge is 2.30. The van der Waals surface area contributed by atoms with Gasteiger partial charge in [0.15, 0.2) is 0 Å². The van der Waals surface area contributed by atoms with Crippen molar-refractivity contribution in [2.24, 2.45) is 0 Å². The van der Waals surface area contributed by atoms with E-state index in [-0.39, 0.29) is 11.5 Å². The molecule has 0 atom stereocenters. The van der Waals surface area contributed by atoms with Gasteiger partial charge in [0.1, 0.15) is 11.5 Å². The third-order valence-electron chi connectivity index (χ3n) is 2.80. The van der Waals surface area contributed by atoms with Crippen molar-refractivity contribution in [1.29, 1.82) is 0 Å². The number of rotatable bonds is 1. The summed E-state index contributed by atoms with van der Waals surface area (Å²) >= 11 is 0. The molecule has 0 bridgehead atoms. The number of hydrogen-bond acceptors (Lipinski definition) is 3. The first-order valence-corrected chi connectivity index (χ1v) is 5.57. The van der Waals surface area contributed by atoms with Gasteiger partial charge >= 0.3 is 6.18 Å². The van der Waals surface area contributed by atoms with E-state index in [9.17, 15) is 13.2 Å². The Labute approximate surface area is 108 Å². The van der Waals surface area contributed by atoms with Crippen LogP contribution in [0.25, 0.3) is 11.3 Å². The minimum Gasteiger partial charge on any atom is -0.382 e. The first kappa shape index (κ1) is 13.3. The summed E-state index contributed by atoms with van der Waals surface area (Å²) in [6.07, 6.45) is -4.39. The van der Waals surface area contributed by atoms with Crippen molar-refractivity contribution in [2.45, 2.75) is 20.0 Å². The van der Waals surface area contributed by atoms with Crippen LogP contribution in [0, 0.1) is 13.8 Å². The Bertz CT molecular complexity index is 621. The summed E-state index contributed by atoms with van der Waals surface area (Å²) in [6.45, 7) is 3.48. The normalized spacial score (nSPS) is 11.6. The minimum atomic E-state index is -4.39. The van der Waals surface area contributed by atoms with E-state index in [0.717, 1.165) is 12.1 Å². The molecule has 2 aromatic rings. The lowest BCUT2D eigenvalue weighted by Gasteiger charge is -2.10. The third-order valence-corrected chi connectivity index (χ3v) is 2.80. The summed E-state index contributed by atoms with van der Waals surface area (Å²) in [6, 6.07) is 4.89. The monoisotopic (exact) mass is 267 g/mol. The molecular weight excluding hydrogens is 255 g/mol. The van der Waals surface area contributed by atoms with Gasteiger partial charge in [0.2, 0.25) is 0 Å². The molecule has 0 saturated carbocycles. The average Bonchev–Trinajstić information content (AvgIpc) is 2.33. The van der Waals surface area contributed by atoms with Crippen molar-refractivity contribution in [3.8, 4) is 11.3 Å². The van der Waals surface area contributed by atoms with Gasteiger partial charge < -0.3 is 5.73 Å². The van der Waals surface area contributed by atoms with Crippen LogP contribution in [0.2, 0.25) is 0 Å². The van der Waals surface area contributed by atoms with E-state index in [1.807, 2.05) is 0 Å². The van der Waals surface area contributed by atoms with Crippen LogP contribution in [-0.2, 0) is 6.18 Å². The molecule has 0 spiro atoms. The summed E-state index contributed by atoms with van der Waals surface area (Å²) in [5, 5.41) is 0. The summed E-state index contributed by atoms with van der Waals surface area (Å²) < 4.78 is 38.0. The number of nitrogens with two attached hydrogens (primary N) is 1. The van der Waals surface area contributed by atoms with Crippen LogP contribution >= 0.6 is 0 Å². The number of hydrogen-bond donors (Lipinski definition) is 1. The molecule has 6 heteroatoms. The highest BCUT2D eigenvalue weighted by Crippen LogP contribution is 2.32. The van der Waals surface area contributed by atoms with Crippen molar-refractivity contribution in [1.82, 2.24) is 9.97 Å². The molecule has 2 rings (SSSR count). The predicted molar refractivity (Wildman–Crippen MR) is 66.4 cm³/mol. The maximum Gasteiger partial charge on any atom is 0.416 e. The van der Waals surface area contributed by atoms with Crippen LogP contribution in [-0.4, -0.2) is 9.97 Å². The molecule has 0 aliphatic carbocycles. The van der Waals surface area contributed by atoms with Crippen LogP contribution in [0.1, 0.15) is 17.0 Å². The largest absolute Gasteiger partial charge is 0.416 e. The lowest BCUT2D eigenvalue weighted by molar-refractivity contribution is -0.137. The fourth-order valence-electron chi connectivity index (χ4n) is 1.68. The maximum atomic E-state index is 12.7. The quantitative estimate of drug-likeness (QED) is 0.861. The summed E-state index contributed by atoms with van der Waals surface area (Å²) in [5.74, 6) is 0.127. The Hall–Kier alpha value is -2.11. The van der Waals surface area contributed by atoms with E-state index < -0.39 is 11.7 Å². The molecule has 1 heterocycles. The summed E-state index contributed by atoms with van der Waals surface area (Å²) in [5.41, 5.74) is 6.88. The lowest BCUT2D eigenvalue weighted by atomic mass is 10.1. The van der Waals surface area contributed by atoms with E-state index in [4.69, 9.17) is 5.73 Å². The van der Waals surface area contributed by atoms with Crippen LogP contribution < -0.4 is 5.73 Å². The number of nitrogens with zero attached hydrogens (tertiary/aromatic N) is 2. The predicted octanol–water partition coefficient (Wildman–Crippen LogP) is 3.36. The molecule has 19 heavy (non-hydrogen) atoms. The van der Waals surface area contributed by atoms with Crippen molar-refractivity contribution < 1.29 is 13.2 Å². The van der Waals surface area contributed by atoms with Gasteiger partial charge in [-0.25, -0.2) is 9.97 Å². The van der Waals surface area contributed by atoms with Crippen LogP contribution in [0.15, 0.2) is 24.3 Å². The molecule has 0 saturated heterocycles. The lowest BCUT2D eigenvalue weighted by Crippen LogP contribution is -2.06. The highest BCUT2D eigenvalue weighted by molar-refractivity contribution is 5.70. The van der Waals surface area contributed by atoms with Crippen LogP contribution in [0.5, 0.6) is 0 Å². The zero-order chi connectivity index (χ0) is 14.2. The molecule has 100 valence electrons. The summed E-state index contributed by atoms with van der Waals surface area (Å²) in [4.78, 5) is 8.29. The van der Waals surface area contributed by atoms with Gasteiger partial charge in [-0.15, -0.1) is 0 Å². The molecule has 0 radical (unpaired) electrons. The highest BCUT2D eigenvalue weighted by atomic mass is 19.4. The van der Waals surface area contributed by atoms with Gasteiger partial charge in [0.05, 0.1) is 17.0 Å². The first-order valence-electron chi connectivity index (χ1n) is 5.57. The maximum absolute atomic E-state index is 12.7. The Morgan fingerprint density at radius 2 is 1.68 bits per heavy atom. The second-order valence-electron chi connectivity index (χ2n) is 4.21. The van der Waals surface area contributed by atoms with Gasteiger partial charge in [-0.05, 0) is 26.0 Å². The zero-order valence-electron chi connectivity index (χ0n) is 10.4. The second-order valence-corrected chi connectivity index (χ2v) is 4.21.